The Balaban J connectivity index is 2.38. The van der Waals surface area contributed by atoms with E-state index < -0.39 is 9.84 Å². The highest BCUT2D eigenvalue weighted by molar-refractivity contribution is 7.90. The van der Waals surface area contributed by atoms with Gasteiger partial charge in [0.25, 0.3) is 0 Å². The lowest BCUT2D eigenvalue weighted by Crippen LogP contribution is -2.49. The normalized spacial score (nSPS) is 30.2. The van der Waals surface area contributed by atoms with Crippen molar-refractivity contribution in [3.8, 4) is 0 Å². The molecule has 0 amide bonds. The molecule has 1 rings (SSSR count). The van der Waals surface area contributed by atoms with Crippen molar-refractivity contribution in [2.45, 2.75) is 44.8 Å². The summed E-state index contributed by atoms with van der Waals surface area (Å²) in [7, 11) is -0.732. The maximum Gasteiger partial charge on any atom is 0.148 e. The van der Waals surface area contributed by atoms with Crippen molar-refractivity contribution in [1.82, 2.24) is 10.2 Å². The molecular formula is C11H24N2O2S. The lowest BCUT2D eigenvalue weighted by Gasteiger charge is -2.36. The van der Waals surface area contributed by atoms with Crippen molar-refractivity contribution >= 4 is 9.84 Å². The zero-order valence-corrected chi connectivity index (χ0v) is 11.5. The van der Waals surface area contributed by atoms with Gasteiger partial charge in [-0.1, -0.05) is 0 Å². The molecule has 0 aromatic heterocycles. The van der Waals surface area contributed by atoms with Crippen LogP contribution in [0, 0.1) is 0 Å². The number of rotatable bonds is 4. The molecule has 96 valence electrons. The topological polar surface area (TPSA) is 49.4 Å². The molecule has 0 saturated carbocycles. The van der Waals surface area contributed by atoms with E-state index in [1.807, 2.05) is 6.92 Å². The summed E-state index contributed by atoms with van der Waals surface area (Å²) in [6.07, 6.45) is 3.50. The lowest BCUT2D eigenvalue weighted by molar-refractivity contribution is 0.165. The largest absolute Gasteiger partial charge is 0.310 e. The first-order chi connectivity index (χ1) is 7.28. The predicted octanol–water partition coefficient (Wildman–Crippen LogP) is 0.492. The molecule has 1 N–H and O–H groups in total. The number of sulfone groups is 1. The second-order valence-electron chi connectivity index (χ2n) is 5.21. The number of likely N-dealkylation sites (tertiary alicyclic amines) is 1. The average Bonchev–Trinajstić information content (AvgIpc) is 2.08. The van der Waals surface area contributed by atoms with Gasteiger partial charge in [0, 0.05) is 24.4 Å². The van der Waals surface area contributed by atoms with Gasteiger partial charge in [0.05, 0.1) is 5.75 Å². The minimum Gasteiger partial charge on any atom is -0.310 e. The van der Waals surface area contributed by atoms with E-state index in [1.165, 1.54) is 6.26 Å². The van der Waals surface area contributed by atoms with Crippen molar-refractivity contribution < 1.29 is 8.42 Å². The van der Waals surface area contributed by atoms with Crippen LogP contribution in [0.25, 0.3) is 0 Å². The summed E-state index contributed by atoms with van der Waals surface area (Å²) < 4.78 is 22.3. The molecular weight excluding hydrogens is 224 g/mol. The summed E-state index contributed by atoms with van der Waals surface area (Å²) in [5.74, 6) is 0.230. The number of piperidine rings is 1. The van der Waals surface area contributed by atoms with E-state index in [0.717, 1.165) is 19.4 Å². The van der Waals surface area contributed by atoms with Gasteiger partial charge < -0.3 is 10.2 Å². The highest BCUT2D eigenvalue weighted by atomic mass is 32.2. The van der Waals surface area contributed by atoms with Crippen LogP contribution in [0.1, 0.15) is 26.7 Å². The minimum absolute atomic E-state index is 0.0515. The quantitative estimate of drug-likeness (QED) is 0.787. The highest BCUT2D eigenvalue weighted by Gasteiger charge is 2.24. The predicted molar refractivity (Wildman–Crippen MR) is 67.4 cm³/mol. The Kier molecular flexibility index (Phi) is 4.76. The second kappa shape index (κ2) is 5.47. The van der Waals surface area contributed by atoms with Crippen LogP contribution in [0.5, 0.6) is 0 Å². The van der Waals surface area contributed by atoms with Crippen LogP contribution in [0.3, 0.4) is 0 Å². The number of hydrogen-bond donors (Lipinski definition) is 1. The van der Waals surface area contributed by atoms with Gasteiger partial charge in [-0.3, -0.25) is 0 Å². The molecule has 0 aliphatic carbocycles. The fraction of sp³-hybridized carbons (Fsp3) is 1.00. The van der Waals surface area contributed by atoms with Crippen LogP contribution in [-0.2, 0) is 9.84 Å². The van der Waals surface area contributed by atoms with Crippen molar-refractivity contribution in [2.75, 3.05) is 25.6 Å². The number of nitrogens with one attached hydrogen (secondary N) is 1. The SMILES string of the molecule is CC(CS(C)(=O)=O)NC1CCN(C)C(C)C1. The van der Waals surface area contributed by atoms with E-state index in [1.54, 1.807) is 0 Å². The van der Waals surface area contributed by atoms with Gasteiger partial charge in [-0.05, 0) is 40.3 Å². The van der Waals surface area contributed by atoms with Gasteiger partial charge in [0.15, 0.2) is 0 Å². The molecule has 3 atom stereocenters. The standard InChI is InChI=1S/C11H24N2O2S/c1-9(8-16(4,14)15)12-11-5-6-13(3)10(2)7-11/h9-12H,5-8H2,1-4H3. The molecule has 3 unspecified atom stereocenters. The summed E-state index contributed by atoms with van der Waals surface area (Å²) in [4.78, 5) is 2.35. The van der Waals surface area contributed by atoms with Crippen LogP contribution in [0.4, 0.5) is 0 Å². The first kappa shape index (κ1) is 13.9. The molecule has 0 radical (unpaired) electrons. The molecule has 1 aliphatic rings. The number of nitrogens with zero attached hydrogens (tertiary/aromatic N) is 1. The maximum atomic E-state index is 11.2. The monoisotopic (exact) mass is 248 g/mol. The van der Waals surface area contributed by atoms with Crippen molar-refractivity contribution in [1.29, 1.82) is 0 Å². The Labute approximate surface area is 99.3 Å². The summed E-state index contributed by atoms with van der Waals surface area (Å²) >= 11 is 0. The molecule has 0 spiro atoms. The minimum atomic E-state index is -2.87. The molecule has 0 aromatic carbocycles. The second-order valence-corrected chi connectivity index (χ2v) is 7.40. The molecule has 0 bridgehead atoms. The van der Waals surface area contributed by atoms with Crippen molar-refractivity contribution in [3.63, 3.8) is 0 Å². The van der Waals surface area contributed by atoms with Crippen LogP contribution in [-0.4, -0.2) is 57.0 Å². The van der Waals surface area contributed by atoms with Gasteiger partial charge in [-0.25, -0.2) is 8.42 Å². The Morgan fingerprint density at radius 3 is 2.62 bits per heavy atom. The molecule has 16 heavy (non-hydrogen) atoms. The van der Waals surface area contributed by atoms with E-state index in [4.69, 9.17) is 0 Å². The van der Waals surface area contributed by atoms with Gasteiger partial charge in [0.1, 0.15) is 9.84 Å². The van der Waals surface area contributed by atoms with Gasteiger partial charge in [-0.2, -0.15) is 0 Å². The van der Waals surface area contributed by atoms with Crippen LogP contribution in [0.2, 0.25) is 0 Å². The third kappa shape index (κ3) is 4.80. The molecule has 1 saturated heterocycles. The zero-order valence-electron chi connectivity index (χ0n) is 10.7. The first-order valence-electron chi connectivity index (χ1n) is 5.92. The smallest absolute Gasteiger partial charge is 0.148 e. The van der Waals surface area contributed by atoms with Gasteiger partial charge in [-0.15, -0.1) is 0 Å². The van der Waals surface area contributed by atoms with E-state index in [9.17, 15) is 8.42 Å². The van der Waals surface area contributed by atoms with E-state index in [-0.39, 0.29) is 11.8 Å². The summed E-state index contributed by atoms with van der Waals surface area (Å²) in [5, 5.41) is 3.42. The molecule has 1 aliphatic heterocycles. The van der Waals surface area contributed by atoms with Gasteiger partial charge in [0.2, 0.25) is 0 Å². The highest BCUT2D eigenvalue weighted by Crippen LogP contribution is 2.15. The third-order valence-electron chi connectivity index (χ3n) is 3.28. The summed E-state index contributed by atoms with van der Waals surface area (Å²) in [6.45, 7) is 5.25. The van der Waals surface area contributed by atoms with E-state index >= 15 is 0 Å². The molecule has 5 heteroatoms. The zero-order chi connectivity index (χ0) is 12.3. The molecule has 1 heterocycles. The molecule has 4 nitrogen and oxygen atoms in total. The number of hydrogen-bond acceptors (Lipinski definition) is 4. The maximum absolute atomic E-state index is 11.2. The Morgan fingerprint density at radius 1 is 1.50 bits per heavy atom. The van der Waals surface area contributed by atoms with Crippen LogP contribution in [0.15, 0.2) is 0 Å². The average molecular weight is 248 g/mol. The van der Waals surface area contributed by atoms with Crippen LogP contribution >= 0.6 is 0 Å². The van der Waals surface area contributed by atoms with E-state index in [2.05, 4.69) is 24.2 Å². The molecule has 1 fully saturated rings. The van der Waals surface area contributed by atoms with Crippen molar-refractivity contribution in [3.05, 3.63) is 0 Å². The van der Waals surface area contributed by atoms with Crippen LogP contribution < -0.4 is 5.32 Å². The molecule has 0 aromatic rings. The Hall–Kier alpha value is -0.130. The van der Waals surface area contributed by atoms with E-state index in [0.29, 0.717) is 12.1 Å². The lowest BCUT2D eigenvalue weighted by atomic mass is 9.98. The fourth-order valence-electron chi connectivity index (χ4n) is 2.35. The first-order valence-corrected chi connectivity index (χ1v) is 7.98. The third-order valence-corrected chi connectivity index (χ3v) is 4.39. The summed E-state index contributed by atoms with van der Waals surface area (Å²) in [5.41, 5.74) is 0. The fourth-order valence-corrected chi connectivity index (χ4v) is 3.35. The summed E-state index contributed by atoms with van der Waals surface area (Å²) in [6, 6.07) is 1.09. The Morgan fingerprint density at radius 2 is 2.12 bits per heavy atom. The van der Waals surface area contributed by atoms with Gasteiger partial charge >= 0.3 is 0 Å². The van der Waals surface area contributed by atoms with Crippen molar-refractivity contribution in [2.24, 2.45) is 0 Å². The Bertz CT molecular complexity index is 316.